The van der Waals surface area contributed by atoms with Gasteiger partial charge in [-0.05, 0) is 25.5 Å². The molecular weight excluding hydrogens is 216 g/mol. The summed E-state index contributed by atoms with van der Waals surface area (Å²) in [6.45, 7) is 5.39. The zero-order valence-corrected chi connectivity index (χ0v) is 9.95. The average molecular weight is 230 g/mol. The SMILES string of the molecule is Cc1cc(C#N)c(N2CCNC(=O)C2)nc1C. The molecule has 0 spiro atoms. The van der Waals surface area contributed by atoms with E-state index in [4.69, 9.17) is 5.26 Å². The Bertz CT molecular complexity index is 504. The van der Waals surface area contributed by atoms with E-state index < -0.39 is 0 Å². The maximum absolute atomic E-state index is 11.3. The number of carbonyl (C=O) groups excluding carboxylic acids is 1. The number of piperazine rings is 1. The lowest BCUT2D eigenvalue weighted by atomic mass is 10.1. The zero-order chi connectivity index (χ0) is 12.4. The highest BCUT2D eigenvalue weighted by Crippen LogP contribution is 2.20. The molecule has 0 aromatic carbocycles. The first-order valence-electron chi connectivity index (χ1n) is 5.52. The topological polar surface area (TPSA) is 69.0 Å². The van der Waals surface area contributed by atoms with E-state index in [2.05, 4.69) is 16.4 Å². The van der Waals surface area contributed by atoms with Crippen molar-refractivity contribution in [3.05, 3.63) is 22.9 Å². The molecule has 5 nitrogen and oxygen atoms in total. The Hall–Kier alpha value is -2.09. The van der Waals surface area contributed by atoms with Crippen LogP contribution in [0.25, 0.3) is 0 Å². The van der Waals surface area contributed by atoms with Crippen LogP contribution < -0.4 is 10.2 Å². The monoisotopic (exact) mass is 230 g/mol. The summed E-state index contributed by atoms with van der Waals surface area (Å²) in [5, 5.41) is 11.9. The summed E-state index contributed by atoms with van der Waals surface area (Å²) in [5.74, 6) is 0.589. The van der Waals surface area contributed by atoms with Crippen LogP contribution in [-0.4, -0.2) is 30.5 Å². The Labute approximate surface area is 100 Å². The summed E-state index contributed by atoms with van der Waals surface area (Å²) < 4.78 is 0. The first kappa shape index (κ1) is 11.4. The van der Waals surface area contributed by atoms with Crippen LogP contribution >= 0.6 is 0 Å². The van der Waals surface area contributed by atoms with Gasteiger partial charge in [0, 0.05) is 18.8 Å². The van der Waals surface area contributed by atoms with Crippen molar-refractivity contribution >= 4 is 11.7 Å². The minimum Gasteiger partial charge on any atom is -0.353 e. The summed E-state index contributed by atoms with van der Waals surface area (Å²) in [4.78, 5) is 17.6. The van der Waals surface area contributed by atoms with Gasteiger partial charge in [-0.2, -0.15) is 5.26 Å². The van der Waals surface area contributed by atoms with Gasteiger partial charge in [-0.25, -0.2) is 4.98 Å². The fourth-order valence-corrected chi connectivity index (χ4v) is 1.84. The summed E-state index contributed by atoms with van der Waals surface area (Å²) in [6.07, 6.45) is 0. The molecule has 1 N–H and O–H groups in total. The molecular formula is C12H14N4O. The number of nitrogens with zero attached hydrogens (tertiary/aromatic N) is 3. The van der Waals surface area contributed by atoms with Crippen LogP contribution in [0, 0.1) is 25.2 Å². The molecule has 1 aliphatic heterocycles. The number of amides is 1. The maximum atomic E-state index is 11.3. The maximum Gasteiger partial charge on any atom is 0.239 e. The van der Waals surface area contributed by atoms with E-state index >= 15 is 0 Å². The van der Waals surface area contributed by atoms with Crippen LogP contribution in [0.1, 0.15) is 16.8 Å². The predicted molar refractivity (Wildman–Crippen MR) is 63.6 cm³/mol. The molecule has 1 saturated heterocycles. The van der Waals surface area contributed by atoms with E-state index in [9.17, 15) is 4.79 Å². The number of pyridine rings is 1. The first-order chi connectivity index (χ1) is 8.11. The number of hydrogen-bond donors (Lipinski definition) is 1. The van der Waals surface area contributed by atoms with Gasteiger partial charge >= 0.3 is 0 Å². The van der Waals surface area contributed by atoms with Gasteiger partial charge in [0.1, 0.15) is 11.9 Å². The third kappa shape index (κ3) is 2.21. The van der Waals surface area contributed by atoms with Crippen LogP contribution in [0.2, 0.25) is 0 Å². The Morgan fingerprint density at radius 1 is 1.53 bits per heavy atom. The van der Waals surface area contributed by atoms with Crippen molar-refractivity contribution in [2.45, 2.75) is 13.8 Å². The van der Waals surface area contributed by atoms with E-state index in [0.29, 0.717) is 24.5 Å². The summed E-state index contributed by atoms with van der Waals surface area (Å²) in [6, 6.07) is 3.96. The molecule has 0 saturated carbocycles. The number of rotatable bonds is 1. The highest BCUT2D eigenvalue weighted by atomic mass is 16.2. The third-order valence-corrected chi connectivity index (χ3v) is 2.90. The molecule has 88 valence electrons. The lowest BCUT2D eigenvalue weighted by molar-refractivity contribution is -0.120. The summed E-state index contributed by atoms with van der Waals surface area (Å²) >= 11 is 0. The Balaban J connectivity index is 2.40. The quantitative estimate of drug-likeness (QED) is 0.763. The van der Waals surface area contributed by atoms with Gasteiger partial charge in [-0.3, -0.25) is 4.79 Å². The van der Waals surface area contributed by atoms with E-state index in [-0.39, 0.29) is 12.5 Å². The third-order valence-electron chi connectivity index (χ3n) is 2.90. The average Bonchev–Trinajstić information content (AvgIpc) is 2.32. The molecule has 0 aliphatic carbocycles. The second-order valence-electron chi connectivity index (χ2n) is 4.15. The standard InChI is InChI=1S/C12H14N4O/c1-8-5-10(6-13)12(15-9(8)2)16-4-3-14-11(17)7-16/h5H,3-4,7H2,1-2H3,(H,14,17). The van der Waals surface area contributed by atoms with Crippen molar-refractivity contribution in [2.75, 3.05) is 24.5 Å². The number of anilines is 1. The fourth-order valence-electron chi connectivity index (χ4n) is 1.84. The van der Waals surface area contributed by atoms with Crippen molar-refractivity contribution in [2.24, 2.45) is 0 Å². The number of hydrogen-bond acceptors (Lipinski definition) is 4. The Kier molecular flexibility index (Phi) is 2.96. The van der Waals surface area contributed by atoms with E-state index in [1.165, 1.54) is 0 Å². The number of nitrogens with one attached hydrogen (secondary N) is 1. The van der Waals surface area contributed by atoms with Crippen molar-refractivity contribution in [1.29, 1.82) is 5.26 Å². The highest BCUT2D eigenvalue weighted by molar-refractivity contribution is 5.82. The fraction of sp³-hybridized carbons (Fsp3) is 0.417. The molecule has 0 bridgehead atoms. The predicted octanol–water partition coefficient (Wildman–Crippen LogP) is 0.506. The highest BCUT2D eigenvalue weighted by Gasteiger charge is 2.20. The van der Waals surface area contributed by atoms with Crippen LogP contribution in [-0.2, 0) is 4.79 Å². The summed E-state index contributed by atoms with van der Waals surface area (Å²) in [5.41, 5.74) is 2.42. The molecule has 0 unspecified atom stereocenters. The van der Waals surface area contributed by atoms with Crippen LogP contribution in [0.15, 0.2) is 6.07 Å². The van der Waals surface area contributed by atoms with Crippen LogP contribution in [0.3, 0.4) is 0 Å². The largest absolute Gasteiger partial charge is 0.353 e. The van der Waals surface area contributed by atoms with Gasteiger partial charge in [0.2, 0.25) is 5.91 Å². The van der Waals surface area contributed by atoms with Crippen LogP contribution in [0.4, 0.5) is 5.82 Å². The second-order valence-corrected chi connectivity index (χ2v) is 4.15. The van der Waals surface area contributed by atoms with E-state index in [1.807, 2.05) is 24.8 Å². The molecule has 1 aliphatic rings. The smallest absolute Gasteiger partial charge is 0.239 e. The number of carbonyl (C=O) groups is 1. The lowest BCUT2D eigenvalue weighted by Gasteiger charge is -2.28. The zero-order valence-electron chi connectivity index (χ0n) is 9.95. The molecule has 2 heterocycles. The Morgan fingerprint density at radius 3 is 2.94 bits per heavy atom. The Morgan fingerprint density at radius 2 is 2.29 bits per heavy atom. The first-order valence-corrected chi connectivity index (χ1v) is 5.52. The van der Waals surface area contributed by atoms with E-state index in [0.717, 1.165) is 11.3 Å². The number of aromatic nitrogens is 1. The minimum atomic E-state index is -0.0276. The molecule has 17 heavy (non-hydrogen) atoms. The summed E-state index contributed by atoms with van der Waals surface area (Å²) in [7, 11) is 0. The minimum absolute atomic E-state index is 0.0276. The van der Waals surface area contributed by atoms with Gasteiger partial charge in [-0.1, -0.05) is 0 Å². The van der Waals surface area contributed by atoms with Gasteiger partial charge in [0.25, 0.3) is 0 Å². The number of nitriles is 1. The van der Waals surface area contributed by atoms with Crippen molar-refractivity contribution < 1.29 is 4.79 Å². The molecule has 5 heteroatoms. The number of aryl methyl sites for hydroxylation is 2. The molecule has 1 aromatic rings. The normalized spacial score (nSPS) is 15.4. The molecule has 1 fully saturated rings. The molecule has 2 rings (SSSR count). The van der Waals surface area contributed by atoms with Gasteiger partial charge < -0.3 is 10.2 Å². The van der Waals surface area contributed by atoms with Crippen molar-refractivity contribution in [1.82, 2.24) is 10.3 Å². The molecule has 1 amide bonds. The van der Waals surface area contributed by atoms with Gasteiger partial charge in [-0.15, -0.1) is 0 Å². The van der Waals surface area contributed by atoms with E-state index in [1.54, 1.807) is 0 Å². The lowest BCUT2D eigenvalue weighted by Crippen LogP contribution is -2.48. The second kappa shape index (κ2) is 4.42. The van der Waals surface area contributed by atoms with Crippen molar-refractivity contribution in [3.63, 3.8) is 0 Å². The van der Waals surface area contributed by atoms with Gasteiger partial charge in [0.15, 0.2) is 0 Å². The van der Waals surface area contributed by atoms with Crippen molar-refractivity contribution in [3.8, 4) is 6.07 Å². The van der Waals surface area contributed by atoms with Crippen LogP contribution in [0.5, 0.6) is 0 Å². The molecule has 0 atom stereocenters. The van der Waals surface area contributed by atoms with Gasteiger partial charge in [0.05, 0.1) is 12.1 Å². The molecule has 0 radical (unpaired) electrons. The molecule has 1 aromatic heterocycles.